The van der Waals surface area contributed by atoms with Crippen molar-refractivity contribution in [1.82, 2.24) is 19.9 Å². The Morgan fingerprint density at radius 3 is 1.09 bits per heavy atom. The molecule has 0 bridgehead atoms. The fourth-order valence-electron chi connectivity index (χ4n) is 9.02. The Hall–Kier alpha value is -8.86. The highest BCUT2D eigenvalue weighted by Crippen LogP contribution is 2.36. The van der Waals surface area contributed by atoms with Crippen molar-refractivity contribution in [3.63, 3.8) is 0 Å². The Bertz CT molecular complexity index is 3600. The molecule has 10 aromatic carbocycles. The fourth-order valence-corrected chi connectivity index (χ4v) is 9.02. The molecule has 0 amide bonds. The first kappa shape index (κ1) is 38.8. The van der Waals surface area contributed by atoms with Crippen LogP contribution in [0.2, 0.25) is 0 Å². The van der Waals surface area contributed by atoms with Gasteiger partial charge in [0.15, 0.2) is 17.5 Å². The lowest BCUT2D eigenvalue weighted by Crippen LogP contribution is -2.00. The van der Waals surface area contributed by atoms with E-state index in [1.807, 2.05) is 12.1 Å². The molecule has 0 unspecified atom stereocenters. The van der Waals surface area contributed by atoms with Crippen LogP contribution in [0.4, 0.5) is 0 Å². The number of hydrogen-bond donors (Lipinski definition) is 0. The van der Waals surface area contributed by atoms with Crippen molar-refractivity contribution in [2.45, 2.75) is 0 Å². The van der Waals surface area contributed by atoms with Gasteiger partial charge in [-0.2, -0.15) is 0 Å². The minimum absolute atomic E-state index is 0.620. The minimum atomic E-state index is 0.620. The van der Waals surface area contributed by atoms with E-state index in [0.29, 0.717) is 17.5 Å². The third-order valence-electron chi connectivity index (χ3n) is 12.5. The van der Waals surface area contributed by atoms with Crippen LogP contribution in [0, 0.1) is 0 Å². The molecule has 2 heterocycles. The highest BCUT2D eigenvalue weighted by Gasteiger charge is 2.15. The number of fused-ring (bicyclic) bond motifs is 4. The summed E-state index contributed by atoms with van der Waals surface area (Å²) in [7, 11) is 0. The van der Waals surface area contributed by atoms with Gasteiger partial charge in [0, 0.05) is 33.0 Å². The third-order valence-corrected chi connectivity index (χ3v) is 12.5. The first-order valence-electron chi connectivity index (χ1n) is 22.3. The molecule has 308 valence electrons. The van der Waals surface area contributed by atoms with Gasteiger partial charge < -0.3 is 0 Å². The van der Waals surface area contributed by atoms with Crippen LogP contribution in [0.1, 0.15) is 0 Å². The normalized spacial score (nSPS) is 11.3. The second-order valence-corrected chi connectivity index (χ2v) is 16.7. The van der Waals surface area contributed by atoms with Gasteiger partial charge in [-0.15, -0.1) is 0 Å². The lowest BCUT2D eigenvalue weighted by atomic mass is 9.96. The van der Waals surface area contributed by atoms with Crippen LogP contribution in [0.5, 0.6) is 0 Å². The summed E-state index contributed by atoms with van der Waals surface area (Å²) in [6, 6.07) is 85.4. The average Bonchev–Trinajstić information content (AvgIpc) is 3.41. The molecule has 0 radical (unpaired) electrons. The van der Waals surface area contributed by atoms with E-state index < -0.39 is 0 Å². The van der Waals surface area contributed by atoms with Gasteiger partial charge in [0.25, 0.3) is 0 Å². The molecule has 12 rings (SSSR count). The molecule has 4 heteroatoms. The van der Waals surface area contributed by atoms with Crippen LogP contribution in [0.3, 0.4) is 0 Å². The predicted octanol–water partition coefficient (Wildman–Crippen LogP) is 16.1. The van der Waals surface area contributed by atoms with E-state index in [4.69, 9.17) is 19.9 Å². The molecule has 0 saturated heterocycles. The highest BCUT2D eigenvalue weighted by molar-refractivity contribution is 6.14. The second-order valence-electron chi connectivity index (χ2n) is 16.7. The molecule has 4 nitrogen and oxygen atoms in total. The smallest absolute Gasteiger partial charge is 0.164 e. The van der Waals surface area contributed by atoms with E-state index in [9.17, 15) is 0 Å². The molecule has 0 fully saturated rings. The Balaban J connectivity index is 0.853. The van der Waals surface area contributed by atoms with Gasteiger partial charge in [0.1, 0.15) is 0 Å². The van der Waals surface area contributed by atoms with Gasteiger partial charge in [0.2, 0.25) is 0 Å². The second kappa shape index (κ2) is 16.7. The first-order valence-corrected chi connectivity index (χ1v) is 22.3. The SMILES string of the molecule is c1ccc(-c2ccc(-c3nc(-c4ccc(-c5ccccc5)cc4)nc(-c4cccc(-c5ccc(-c6ccc(-c7nc8cc9ccccc9cc8c8ccccc78)cc6)cc5)c4)n3)cc2)cc1. The number of benzene rings is 10. The Labute approximate surface area is 383 Å². The first-order chi connectivity index (χ1) is 32.7. The maximum atomic E-state index is 5.26. The maximum absolute atomic E-state index is 5.26. The van der Waals surface area contributed by atoms with Crippen molar-refractivity contribution in [3.8, 4) is 89.9 Å². The van der Waals surface area contributed by atoms with Crippen molar-refractivity contribution in [2.75, 3.05) is 0 Å². The van der Waals surface area contributed by atoms with Crippen molar-refractivity contribution >= 4 is 32.4 Å². The quantitative estimate of drug-likeness (QED) is 0.113. The predicted molar refractivity (Wildman–Crippen MR) is 274 cm³/mol. The van der Waals surface area contributed by atoms with Crippen molar-refractivity contribution in [1.29, 1.82) is 0 Å². The summed E-state index contributed by atoms with van der Waals surface area (Å²) in [5, 5.41) is 5.96. The van der Waals surface area contributed by atoms with Crippen molar-refractivity contribution in [3.05, 3.63) is 243 Å². The fraction of sp³-hybridized carbons (Fsp3) is 0. The standard InChI is InChI=1S/C62H40N4/c1-3-12-41(13-4-1)43-28-34-49(35-29-43)60-64-61(50-36-30-44(31-37-50)42-14-5-2-6-15-42)66-62(65-60)54-19-11-18-51(38-54)47-24-22-45(23-25-47)46-26-32-48(33-27-46)59-56-21-10-9-20-55(56)57-39-52-16-7-8-17-53(52)40-58(57)63-59/h1-40H. The summed E-state index contributed by atoms with van der Waals surface area (Å²) >= 11 is 0. The average molecular weight is 841 g/mol. The highest BCUT2D eigenvalue weighted by atomic mass is 15.0. The van der Waals surface area contributed by atoms with E-state index in [-0.39, 0.29) is 0 Å². The van der Waals surface area contributed by atoms with Crippen LogP contribution in [0.25, 0.3) is 122 Å². The third kappa shape index (κ3) is 7.47. The van der Waals surface area contributed by atoms with Crippen LogP contribution < -0.4 is 0 Å². The monoisotopic (exact) mass is 840 g/mol. The van der Waals surface area contributed by atoms with Gasteiger partial charge in [-0.25, -0.2) is 19.9 Å². The van der Waals surface area contributed by atoms with Crippen molar-refractivity contribution < 1.29 is 0 Å². The minimum Gasteiger partial charge on any atom is -0.247 e. The molecule has 0 aliphatic carbocycles. The molecule has 0 atom stereocenters. The number of rotatable bonds is 8. The van der Waals surface area contributed by atoms with E-state index in [1.165, 1.54) is 32.7 Å². The lowest BCUT2D eigenvalue weighted by Gasteiger charge is -2.12. The van der Waals surface area contributed by atoms with Gasteiger partial charge in [-0.05, 0) is 78.9 Å². The van der Waals surface area contributed by atoms with E-state index in [2.05, 4.69) is 231 Å². The zero-order valence-electron chi connectivity index (χ0n) is 35.9. The zero-order valence-corrected chi connectivity index (χ0v) is 35.9. The van der Waals surface area contributed by atoms with Crippen LogP contribution >= 0.6 is 0 Å². The topological polar surface area (TPSA) is 51.6 Å². The zero-order chi connectivity index (χ0) is 43.8. The summed E-state index contributed by atoms with van der Waals surface area (Å²) in [6.07, 6.45) is 0. The maximum Gasteiger partial charge on any atom is 0.164 e. The van der Waals surface area contributed by atoms with Gasteiger partial charge in [-0.1, -0.05) is 224 Å². The summed E-state index contributed by atoms with van der Waals surface area (Å²) in [5.74, 6) is 1.87. The van der Waals surface area contributed by atoms with Crippen molar-refractivity contribution in [2.24, 2.45) is 0 Å². The molecule has 2 aromatic heterocycles. The summed E-state index contributed by atoms with van der Waals surface area (Å²) in [4.78, 5) is 20.5. The van der Waals surface area contributed by atoms with E-state index >= 15 is 0 Å². The lowest BCUT2D eigenvalue weighted by molar-refractivity contribution is 1.07. The molecular weight excluding hydrogens is 801 g/mol. The number of hydrogen-bond acceptors (Lipinski definition) is 4. The molecule has 0 aliphatic heterocycles. The van der Waals surface area contributed by atoms with Gasteiger partial charge in [-0.3, -0.25) is 0 Å². The van der Waals surface area contributed by atoms with E-state index in [1.54, 1.807) is 0 Å². The molecule has 0 N–H and O–H groups in total. The molecule has 0 aliphatic rings. The van der Waals surface area contributed by atoms with Crippen LogP contribution in [-0.2, 0) is 0 Å². The number of nitrogens with zero attached hydrogens (tertiary/aromatic N) is 4. The molecule has 0 saturated carbocycles. The molecule has 0 spiro atoms. The molecular formula is C62H40N4. The van der Waals surface area contributed by atoms with E-state index in [0.717, 1.165) is 72.2 Å². The Morgan fingerprint density at radius 1 is 0.197 bits per heavy atom. The van der Waals surface area contributed by atoms with Gasteiger partial charge >= 0.3 is 0 Å². The largest absolute Gasteiger partial charge is 0.247 e. The van der Waals surface area contributed by atoms with Gasteiger partial charge in [0.05, 0.1) is 11.2 Å². The summed E-state index contributed by atoms with van der Waals surface area (Å²) < 4.78 is 0. The summed E-state index contributed by atoms with van der Waals surface area (Å²) in [6.45, 7) is 0. The number of pyridine rings is 1. The van der Waals surface area contributed by atoms with Crippen LogP contribution in [0.15, 0.2) is 243 Å². The molecule has 12 aromatic rings. The molecule has 66 heavy (non-hydrogen) atoms. The Kier molecular flexibility index (Phi) is 9.81. The number of aromatic nitrogens is 4. The summed E-state index contributed by atoms with van der Waals surface area (Å²) in [5.41, 5.74) is 15.0. The van der Waals surface area contributed by atoms with Crippen LogP contribution in [-0.4, -0.2) is 19.9 Å². The Morgan fingerprint density at radius 2 is 0.561 bits per heavy atom.